The molecule has 20 heavy (non-hydrogen) atoms. The van der Waals surface area contributed by atoms with Crippen molar-refractivity contribution in [2.24, 2.45) is 0 Å². The number of aromatic nitrogens is 1. The van der Waals surface area contributed by atoms with Crippen LogP contribution < -0.4 is 5.32 Å². The Balaban J connectivity index is 2.04. The van der Waals surface area contributed by atoms with Gasteiger partial charge in [0.2, 0.25) is 0 Å². The summed E-state index contributed by atoms with van der Waals surface area (Å²) in [5.41, 5.74) is 3.15. The normalized spacial score (nSPS) is 12.5. The van der Waals surface area contributed by atoms with E-state index in [0.717, 1.165) is 22.0 Å². The minimum atomic E-state index is -0.216. The molecule has 0 aliphatic carbocycles. The lowest BCUT2D eigenvalue weighted by atomic mass is 9.97. The van der Waals surface area contributed by atoms with Gasteiger partial charge >= 0.3 is 0 Å². The van der Waals surface area contributed by atoms with Gasteiger partial charge in [0.15, 0.2) is 0 Å². The molecule has 0 radical (unpaired) electrons. The number of nitrogens with zero attached hydrogens (tertiary/aromatic N) is 1. The molecule has 2 aromatic carbocycles. The molecular formula is C17H15FN2. The maximum Gasteiger partial charge on any atom is 0.123 e. The summed E-state index contributed by atoms with van der Waals surface area (Å²) >= 11 is 0. The van der Waals surface area contributed by atoms with Crippen LogP contribution in [0.4, 0.5) is 4.39 Å². The van der Waals surface area contributed by atoms with Crippen molar-refractivity contribution in [3.8, 4) is 0 Å². The standard InChI is InChI=1S/C17H15FN2/c1-19-17(12-4-7-15(18)8-5-12)14-6-9-16-13(11-14)3-2-10-20-16/h2-11,17,19H,1H3. The molecule has 0 saturated carbocycles. The second kappa shape index (κ2) is 5.39. The molecule has 0 spiro atoms. The van der Waals surface area contributed by atoms with Gasteiger partial charge in [-0.05, 0) is 48.5 Å². The van der Waals surface area contributed by atoms with Crippen LogP contribution in [0.25, 0.3) is 10.9 Å². The van der Waals surface area contributed by atoms with Crippen LogP contribution in [0.15, 0.2) is 60.8 Å². The zero-order valence-electron chi connectivity index (χ0n) is 11.2. The van der Waals surface area contributed by atoms with E-state index in [1.807, 2.05) is 37.4 Å². The van der Waals surface area contributed by atoms with E-state index in [-0.39, 0.29) is 11.9 Å². The minimum Gasteiger partial charge on any atom is -0.309 e. The highest BCUT2D eigenvalue weighted by atomic mass is 19.1. The fraction of sp³-hybridized carbons (Fsp3) is 0.118. The van der Waals surface area contributed by atoms with Crippen molar-refractivity contribution in [2.75, 3.05) is 7.05 Å². The van der Waals surface area contributed by atoms with E-state index in [1.54, 1.807) is 6.20 Å². The van der Waals surface area contributed by atoms with Gasteiger partial charge in [-0.1, -0.05) is 24.3 Å². The quantitative estimate of drug-likeness (QED) is 0.782. The minimum absolute atomic E-state index is 0.0419. The summed E-state index contributed by atoms with van der Waals surface area (Å²) < 4.78 is 13.0. The molecule has 0 aliphatic heterocycles. The summed E-state index contributed by atoms with van der Waals surface area (Å²) in [5, 5.41) is 4.38. The first-order valence-corrected chi connectivity index (χ1v) is 6.55. The third kappa shape index (κ3) is 2.40. The Morgan fingerprint density at radius 1 is 1.00 bits per heavy atom. The fourth-order valence-corrected chi connectivity index (χ4v) is 2.45. The SMILES string of the molecule is CNC(c1ccc(F)cc1)c1ccc2ncccc2c1. The second-order valence-corrected chi connectivity index (χ2v) is 4.73. The second-order valence-electron chi connectivity index (χ2n) is 4.73. The summed E-state index contributed by atoms with van der Waals surface area (Å²) in [7, 11) is 1.90. The Morgan fingerprint density at radius 2 is 1.75 bits per heavy atom. The van der Waals surface area contributed by atoms with Crippen LogP contribution in [0.2, 0.25) is 0 Å². The van der Waals surface area contributed by atoms with Crippen molar-refractivity contribution in [3.63, 3.8) is 0 Å². The number of benzene rings is 2. The van der Waals surface area contributed by atoms with Crippen LogP contribution in [-0.2, 0) is 0 Å². The molecule has 0 aliphatic rings. The molecule has 100 valence electrons. The molecule has 1 N–H and O–H groups in total. The summed E-state index contributed by atoms with van der Waals surface area (Å²) in [6, 6.07) is 16.8. The van der Waals surface area contributed by atoms with Crippen LogP contribution in [0.5, 0.6) is 0 Å². The molecule has 1 unspecified atom stereocenters. The van der Waals surface area contributed by atoms with Crippen LogP contribution in [0.3, 0.4) is 0 Å². The average molecular weight is 266 g/mol. The number of nitrogens with one attached hydrogen (secondary N) is 1. The molecule has 3 aromatic rings. The van der Waals surface area contributed by atoms with E-state index in [4.69, 9.17) is 0 Å². The first kappa shape index (κ1) is 12.8. The zero-order valence-corrected chi connectivity index (χ0v) is 11.2. The molecule has 0 fully saturated rings. The van der Waals surface area contributed by atoms with Crippen molar-refractivity contribution in [3.05, 3.63) is 77.7 Å². The van der Waals surface area contributed by atoms with E-state index in [0.29, 0.717) is 0 Å². The maximum absolute atomic E-state index is 13.0. The molecule has 1 atom stereocenters. The van der Waals surface area contributed by atoms with Gasteiger partial charge < -0.3 is 5.32 Å². The fourth-order valence-electron chi connectivity index (χ4n) is 2.45. The van der Waals surface area contributed by atoms with Crippen molar-refractivity contribution >= 4 is 10.9 Å². The molecule has 0 bridgehead atoms. The summed E-state index contributed by atoms with van der Waals surface area (Å²) in [6.07, 6.45) is 1.79. The Kier molecular flexibility index (Phi) is 3.44. The molecule has 0 saturated heterocycles. The number of fused-ring (bicyclic) bond motifs is 1. The predicted molar refractivity (Wildman–Crippen MR) is 79.0 cm³/mol. The first-order chi connectivity index (χ1) is 9.78. The Morgan fingerprint density at radius 3 is 2.50 bits per heavy atom. The van der Waals surface area contributed by atoms with Gasteiger partial charge in [-0.2, -0.15) is 0 Å². The van der Waals surface area contributed by atoms with Gasteiger partial charge in [-0.3, -0.25) is 4.98 Å². The van der Waals surface area contributed by atoms with Crippen LogP contribution in [0, 0.1) is 5.82 Å². The summed E-state index contributed by atoms with van der Waals surface area (Å²) in [6.45, 7) is 0. The van der Waals surface area contributed by atoms with E-state index >= 15 is 0 Å². The number of hydrogen-bond donors (Lipinski definition) is 1. The third-order valence-electron chi connectivity index (χ3n) is 3.45. The molecule has 2 nitrogen and oxygen atoms in total. The van der Waals surface area contributed by atoms with Crippen molar-refractivity contribution in [1.29, 1.82) is 0 Å². The van der Waals surface area contributed by atoms with Crippen molar-refractivity contribution in [1.82, 2.24) is 10.3 Å². The summed E-state index contributed by atoms with van der Waals surface area (Å²) in [5.74, 6) is -0.216. The Hall–Kier alpha value is -2.26. The first-order valence-electron chi connectivity index (χ1n) is 6.55. The molecule has 1 heterocycles. The maximum atomic E-state index is 13.0. The van der Waals surface area contributed by atoms with Gasteiger partial charge in [0, 0.05) is 11.6 Å². The van der Waals surface area contributed by atoms with Gasteiger partial charge in [0.05, 0.1) is 11.6 Å². The molecule has 3 heteroatoms. The smallest absolute Gasteiger partial charge is 0.123 e. The molecule has 0 amide bonds. The van der Waals surface area contributed by atoms with E-state index in [9.17, 15) is 4.39 Å². The van der Waals surface area contributed by atoms with E-state index < -0.39 is 0 Å². The number of rotatable bonds is 3. The monoisotopic (exact) mass is 266 g/mol. The third-order valence-corrected chi connectivity index (χ3v) is 3.45. The van der Waals surface area contributed by atoms with E-state index in [2.05, 4.69) is 22.4 Å². The number of halogens is 1. The van der Waals surface area contributed by atoms with Crippen LogP contribution in [0.1, 0.15) is 17.2 Å². The Bertz CT molecular complexity index is 722. The van der Waals surface area contributed by atoms with Gasteiger partial charge in [0.25, 0.3) is 0 Å². The average Bonchev–Trinajstić information content (AvgIpc) is 2.50. The number of hydrogen-bond acceptors (Lipinski definition) is 2. The lowest BCUT2D eigenvalue weighted by molar-refractivity contribution is 0.623. The highest BCUT2D eigenvalue weighted by Crippen LogP contribution is 2.24. The Labute approximate surface area is 117 Å². The highest BCUT2D eigenvalue weighted by molar-refractivity contribution is 5.79. The largest absolute Gasteiger partial charge is 0.309 e. The van der Waals surface area contributed by atoms with E-state index in [1.165, 1.54) is 12.1 Å². The number of pyridine rings is 1. The topological polar surface area (TPSA) is 24.9 Å². The lowest BCUT2D eigenvalue weighted by Crippen LogP contribution is -2.17. The van der Waals surface area contributed by atoms with Crippen LogP contribution >= 0.6 is 0 Å². The van der Waals surface area contributed by atoms with Crippen molar-refractivity contribution < 1.29 is 4.39 Å². The van der Waals surface area contributed by atoms with Gasteiger partial charge in [0.1, 0.15) is 5.82 Å². The van der Waals surface area contributed by atoms with Gasteiger partial charge in [-0.15, -0.1) is 0 Å². The van der Waals surface area contributed by atoms with Crippen molar-refractivity contribution in [2.45, 2.75) is 6.04 Å². The van der Waals surface area contributed by atoms with Gasteiger partial charge in [-0.25, -0.2) is 4.39 Å². The molecule has 3 rings (SSSR count). The predicted octanol–water partition coefficient (Wildman–Crippen LogP) is 3.68. The van der Waals surface area contributed by atoms with Crippen LogP contribution in [-0.4, -0.2) is 12.0 Å². The molecular weight excluding hydrogens is 251 g/mol. The highest BCUT2D eigenvalue weighted by Gasteiger charge is 2.12. The lowest BCUT2D eigenvalue weighted by Gasteiger charge is -2.17. The summed E-state index contributed by atoms with van der Waals surface area (Å²) in [4.78, 5) is 4.32. The molecule has 1 aromatic heterocycles. The zero-order chi connectivity index (χ0) is 13.9.